The molecule has 0 amide bonds. The Morgan fingerprint density at radius 3 is 2.80 bits per heavy atom. The monoisotopic (exact) mass is 271 g/mol. The van der Waals surface area contributed by atoms with Crippen LogP contribution in [-0.2, 0) is 6.42 Å². The van der Waals surface area contributed by atoms with E-state index in [9.17, 15) is 4.79 Å². The first-order valence-electron chi connectivity index (χ1n) is 7.44. The minimum Gasteiger partial charge on any atom is -0.317 e. The highest BCUT2D eigenvalue weighted by Crippen LogP contribution is 2.21. The summed E-state index contributed by atoms with van der Waals surface area (Å²) >= 11 is 0. The van der Waals surface area contributed by atoms with Crippen molar-refractivity contribution in [3.05, 3.63) is 39.9 Å². The molecule has 3 rings (SSSR count). The molecule has 1 N–H and O–H groups in total. The molecule has 1 aromatic carbocycles. The van der Waals surface area contributed by atoms with Crippen LogP contribution >= 0.6 is 0 Å². The van der Waals surface area contributed by atoms with Crippen LogP contribution in [0.25, 0.3) is 10.9 Å². The van der Waals surface area contributed by atoms with E-state index in [1.54, 1.807) is 0 Å². The molecule has 2 heterocycles. The van der Waals surface area contributed by atoms with Crippen molar-refractivity contribution in [1.82, 2.24) is 14.9 Å². The molecule has 1 saturated heterocycles. The average molecular weight is 271 g/mol. The van der Waals surface area contributed by atoms with Crippen molar-refractivity contribution >= 4 is 10.9 Å². The van der Waals surface area contributed by atoms with Gasteiger partial charge in [0.05, 0.1) is 10.9 Å². The largest absolute Gasteiger partial charge is 0.317 e. The Bertz CT molecular complexity index is 684. The van der Waals surface area contributed by atoms with Gasteiger partial charge >= 0.3 is 0 Å². The maximum atomic E-state index is 12.9. The molecular formula is C16H21N3O. The average Bonchev–Trinajstić information content (AvgIpc) is 2.47. The molecule has 1 aromatic heterocycles. The Morgan fingerprint density at radius 1 is 1.35 bits per heavy atom. The summed E-state index contributed by atoms with van der Waals surface area (Å²) in [6, 6.07) is 6.19. The highest BCUT2D eigenvalue weighted by Gasteiger charge is 2.21. The molecule has 1 fully saturated rings. The number of rotatable bonds is 2. The lowest BCUT2D eigenvalue weighted by molar-refractivity contribution is 0.351. The summed E-state index contributed by atoms with van der Waals surface area (Å²) in [6.45, 7) is 6.02. The third-order valence-corrected chi connectivity index (χ3v) is 4.20. The van der Waals surface area contributed by atoms with Gasteiger partial charge in [0.1, 0.15) is 5.82 Å². The van der Waals surface area contributed by atoms with Gasteiger partial charge in [-0.3, -0.25) is 9.36 Å². The first-order chi connectivity index (χ1) is 9.72. The highest BCUT2D eigenvalue weighted by atomic mass is 16.1. The van der Waals surface area contributed by atoms with Gasteiger partial charge in [-0.15, -0.1) is 0 Å². The number of nitrogens with zero attached hydrogens (tertiary/aromatic N) is 2. The van der Waals surface area contributed by atoms with Gasteiger partial charge in [-0.2, -0.15) is 0 Å². The van der Waals surface area contributed by atoms with E-state index in [1.165, 1.54) is 0 Å². The number of aryl methyl sites for hydroxylation is 2. The van der Waals surface area contributed by atoms with Gasteiger partial charge < -0.3 is 5.32 Å². The standard InChI is InChI=1S/C16H21N3O/c1-3-14-18-13-6-4-5-11(2)15(13)16(20)19(14)12-7-9-17-10-8-12/h4-6,12,17H,3,7-10H2,1-2H3. The van der Waals surface area contributed by atoms with Crippen LogP contribution in [0.5, 0.6) is 0 Å². The van der Waals surface area contributed by atoms with E-state index in [4.69, 9.17) is 4.98 Å². The molecule has 0 radical (unpaired) electrons. The van der Waals surface area contributed by atoms with Crippen molar-refractivity contribution in [3.63, 3.8) is 0 Å². The molecule has 0 saturated carbocycles. The van der Waals surface area contributed by atoms with Gasteiger partial charge in [-0.1, -0.05) is 19.1 Å². The minimum absolute atomic E-state index is 0.136. The third kappa shape index (κ3) is 2.14. The van der Waals surface area contributed by atoms with Gasteiger partial charge in [0.15, 0.2) is 0 Å². The van der Waals surface area contributed by atoms with E-state index in [-0.39, 0.29) is 11.6 Å². The summed E-state index contributed by atoms with van der Waals surface area (Å²) in [5.74, 6) is 0.917. The molecule has 106 valence electrons. The molecule has 1 aliphatic heterocycles. The summed E-state index contributed by atoms with van der Waals surface area (Å²) in [7, 11) is 0. The first kappa shape index (κ1) is 13.3. The second kappa shape index (κ2) is 5.37. The zero-order valence-electron chi connectivity index (χ0n) is 12.1. The Labute approximate surface area is 118 Å². The summed E-state index contributed by atoms with van der Waals surface area (Å²) in [6.07, 6.45) is 2.81. The quantitative estimate of drug-likeness (QED) is 0.911. The lowest BCUT2D eigenvalue weighted by Gasteiger charge is -2.27. The van der Waals surface area contributed by atoms with Crippen molar-refractivity contribution in [2.75, 3.05) is 13.1 Å². The van der Waals surface area contributed by atoms with Crippen LogP contribution in [0.1, 0.15) is 37.2 Å². The maximum Gasteiger partial charge on any atom is 0.261 e. The van der Waals surface area contributed by atoms with Crippen molar-refractivity contribution in [1.29, 1.82) is 0 Å². The number of piperidine rings is 1. The molecule has 0 spiro atoms. The normalized spacial score (nSPS) is 16.7. The fourth-order valence-corrected chi connectivity index (χ4v) is 3.15. The van der Waals surface area contributed by atoms with Crippen LogP contribution < -0.4 is 10.9 Å². The number of hydrogen-bond donors (Lipinski definition) is 1. The van der Waals surface area contributed by atoms with E-state index in [0.717, 1.165) is 54.6 Å². The van der Waals surface area contributed by atoms with Crippen molar-refractivity contribution in [2.24, 2.45) is 0 Å². The Kier molecular flexibility index (Phi) is 3.57. The van der Waals surface area contributed by atoms with Crippen molar-refractivity contribution in [2.45, 2.75) is 39.2 Å². The van der Waals surface area contributed by atoms with E-state index >= 15 is 0 Å². The fourth-order valence-electron chi connectivity index (χ4n) is 3.15. The summed E-state index contributed by atoms with van der Waals surface area (Å²) in [5.41, 5.74) is 1.99. The van der Waals surface area contributed by atoms with Crippen LogP contribution in [0.3, 0.4) is 0 Å². The van der Waals surface area contributed by atoms with E-state index in [2.05, 4.69) is 12.2 Å². The van der Waals surface area contributed by atoms with Crippen LogP contribution in [0.4, 0.5) is 0 Å². The molecule has 1 aliphatic rings. The molecule has 20 heavy (non-hydrogen) atoms. The predicted octanol–water partition coefficient (Wildman–Crippen LogP) is 2.19. The molecule has 0 aliphatic carbocycles. The van der Waals surface area contributed by atoms with E-state index in [1.807, 2.05) is 29.7 Å². The highest BCUT2D eigenvalue weighted by molar-refractivity contribution is 5.81. The fraction of sp³-hybridized carbons (Fsp3) is 0.500. The van der Waals surface area contributed by atoms with Crippen LogP contribution in [0, 0.1) is 6.92 Å². The number of aromatic nitrogens is 2. The van der Waals surface area contributed by atoms with Gasteiger partial charge in [0, 0.05) is 12.5 Å². The first-order valence-corrected chi connectivity index (χ1v) is 7.44. The molecule has 2 aromatic rings. The van der Waals surface area contributed by atoms with Crippen LogP contribution in [0.15, 0.2) is 23.0 Å². The number of hydrogen-bond acceptors (Lipinski definition) is 3. The second-order valence-corrected chi connectivity index (χ2v) is 5.51. The maximum absolute atomic E-state index is 12.9. The number of fused-ring (bicyclic) bond motifs is 1. The Hall–Kier alpha value is -1.68. The van der Waals surface area contributed by atoms with Crippen molar-refractivity contribution in [3.8, 4) is 0 Å². The van der Waals surface area contributed by atoms with Gasteiger partial charge in [0.25, 0.3) is 5.56 Å². The van der Waals surface area contributed by atoms with E-state index in [0.29, 0.717) is 0 Å². The zero-order chi connectivity index (χ0) is 14.1. The van der Waals surface area contributed by atoms with E-state index < -0.39 is 0 Å². The topological polar surface area (TPSA) is 46.9 Å². The minimum atomic E-state index is 0.136. The molecule has 0 bridgehead atoms. The third-order valence-electron chi connectivity index (χ3n) is 4.20. The van der Waals surface area contributed by atoms with Crippen LogP contribution in [-0.4, -0.2) is 22.6 Å². The summed E-state index contributed by atoms with van der Waals surface area (Å²) < 4.78 is 1.95. The van der Waals surface area contributed by atoms with Crippen molar-refractivity contribution < 1.29 is 0 Å². The Balaban J connectivity index is 2.26. The zero-order valence-corrected chi connectivity index (χ0v) is 12.1. The summed E-state index contributed by atoms with van der Waals surface area (Å²) in [5, 5.41) is 4.13. The van der Waals surface area contributed by atoms with Gasteiger partial charge in [-0.25, -0.2) is 4.98 Å². The molecule has 0 unspecified atom stereocenters. The SMILES string of the molecule is CCc1nc2cccc(C)c2c(=O)n1C1CCNCC1. The molecule has 4 heteroatoms. The predicted molar refractivity (Wildman–Crippen MR) is 81.3 cm³/mol. The lowest BCUT2D eigenvalue weighted by Crippen LogP contribution is -2.36. The Morgan fingerprint density at radius 2 is 2.10 bits per heavy atom. The summed E-state index contributed by atoms with van der Waals surface area (Å²) in [4.78, 5) is 17.7. The molecule has 0 atom stereocenters. The number of benzene rings is 1. The smallest absolute Gasteiger partial charge is 0.261 e. The van der Waals surface area contributed by atoms with Gasteiger partial charge in [-0.05, 0) is 44.5 Å². The molecular weight excluding hydrogens is 250 g/mol. The lowest BCUT2D eigenvalue weighted by atomic mass is 10.0. The van der Waals surface area contributed by atoms with Gasteiger partial charge in [0.2, 0.25) is 0 Å². The second-order valence-electron chi connectivity index (χ2n) is 5.51. The van der Waals surface area contributed by atoms with Crippen LogP contribution in [0.2, 0.25) is 0 Å². The molecule has 4 nitrogen and oxygen atoms in total. The number of nitrogens with one attached hydrogen (secondary N) is 1.